The first-order chi connectivity index (χ1) is 10.1. The molecule has 0 atom stereocenters. The molecule has 0 amide bonds. The molecule has 0 bridgehead atoms. The van der Waals surface area contributed by atoms with Crippen molar-refractivity contribution >= 4 is 5.69 Å². The summed E-state index contributed by atoms with van der Waals surface area (Å²) in [6.45, 7) is 2.94. The first-order valence-electron chi connectivity index (χ1n) is 7.27. The van der Waals surface area contributed by atoms with Crippen molar-refractivity contribution in [2.45, 2.75) is 39.3 Å². The van der Waals surface area contributed by atoms with Crippen LogP contribution in [0.5, 0.6) is 0 Å². The minimum Gasteiger partial charge on any atom is -0.393 e. The average Bonchev–Trinajstić information content (AvgIpc) is 2.49. The SMILES string of the molecule is CCCn1cc(N)c(=O)n(CCCc2ccccc2)c1=O. The van der Waals surface area contributed by atoms with E-state index in [2.05, 4.69) is 0 Å². The van der Waals surface area contributed by atoms with Crippen LogP contribution in [-0.4, -0.2) is 9.13 Å². The summed E-state index contributed by atoms with van der Waals surface area (Å²) in [7, 11) is 0. The lowest BCUT2D eigenvalue weighted by molar-refractivity contribution is 0.532. The Hall–Kier alpha value is -2.30. The van der Waals surface area contributed by atoms with Crippen LogP contribution in [0.1, 0.15) is 25.3 Å². The molecular formula is C16H21N3O2. The van der Waals surface area contributed by atoms with E-state index in [4.69, 9.17) is 5.73 Å². The van der Waals surface area contributed by atoms with Gasteiger partial charge >= 0.3 is 5.69 Å². The van der Waals surface area contributed by atoms with Gasteiger partial charge < -0.3 is 5.73 Å². The summed E-state index contributed by atoms with van der Waals surface area (Å²) in [5, 5.41) is 0. The smallest absolute Gasteiger partial charge is 0.331 e. The Bertz CT molecular complexity index is 702. The number of nitrogens with two attached hydrogens (primary N) is 1. The number of hydrogen-bond donors (Lipinski definition) is 1. The van der Waals surface area contributed by atoms with Crippen LogP contribution in [0.4, 0.5) is 5.69 Å². The monoisotopic (exact) mass is 287 g/mol. The van der Waals surface area contributed by atoms with Crippen LogP contribution in [0.25, 0.3) is 0 Å². The van der Waals surface area contributed by atoms with E-state index in [1.165, 1.54) is 20.9 Å². The molecule has 0 saturated carbocycles. The minimum atomic E-state index is -0.389. The van der Waals surface area contributed by atoms with Crippen molar-refractivity contribution in [3.63, 3.8) is 0 Å². The van der Waals surface area contributed by atoms with E-state index in [9.17, 15) is 9.59 Å². The van der Waals surface area contributed by atoms with Crippen LogP contribution < -0.4 is 17.0 Å². The van der Waals surface area contributed by atoms with E-state index < -0.39 is 0 Å². The van der Waals surface area contributed by atoms with Gasteiger partial charge in [-0.1, -0.05) is 37.3 Å². The second-order valence-electron chi connectivity index (χ2n) is 5.11. The van der Waals surface area contributed by atoms with Crippen LogP contribution in [-0.2, 0) is 19.5 Å². The number of aromatic nitrogens is 2. The standard InChI is InChI=1S/C16H21N3O2/c1-2-10-18-12-14(17)15(20)19(16(18)21)11-6-9-13-7-4-3-5-8-13/h3-5,7-8,12H,2,6,9-11,17H2,1H3. The lowest BCUT2D eigenvalue weighted by atomic mass is 10.1. The van der Waals surface area contributed by atoms with Crippen molar-refractivity contribution in [1.29, 1.82) is 0 Å². The maximum absolute atomic E-state index is 12.2. The number of aryl methyl sites for hydroxylation is 2. The summed E-state index contributed by atoms with van der Waals surface area (Å²) >= 11 is 0. The molecule has 2 aromatic rings. The summed E-state index contributed by atoms with van der Waals surface area (Å²) in [5.74, 6) is 0. The van der Waals surface area contributed by atoms with Crippen LogP contribution >= 0.6 is 0 Å². The zero-order valence-corrected chi connectivity index (χ0v) is 12.3. The topological polar surface area (TPSA) is 70.0 Å². The Balaban J connectivity index is 2.16. The van der Waals surface area contributed by atoms with Gasteiger partial charge in [-0.2, -0.15) is 0 Å². The molecule has 1 aromatic heterocycles. The number of hydrogen-bond acceptors (Lipinski definition) is 3. The average molecular weight is 287 g/mol. The number of anilines is 1. The molecule has 0 aliphatic carbocycles. The zero-order valence-electron chi connectivity index (χ0n) is 12.3. The lowest BCUT2D eigenvalue weighted by Crippen LogP contribution is -2.40. The molecule has 21 heavy (non-hydrogen) atoms. The maximum Gasteiger partial charge on any atom is 0.331 e. The molecule has 1 heterocycles. The molecule has 0 aliphatic rings. The van der Waals surface area contributed by atoms with Gasteiger partial charge in [0.1, 0.15) is 5.69 Å². The van der Waals surface area contributed by atoms with Gasteiger partial charge in [0.2, 0.25) is 0 Å². The Labute approximate surface area is 123 Å². The molecule has 5 heteroatoms. The summed E-state index contributed by atoms with van der Waals surface area (Å²) in [5.41, 5.74) is 6.37. The molecule has 2 rings (SSSR count). The van der Waals surface area contributed by atoms with E-state index >= 15 is 0 Å². The molecule has 0 aliphatic heterocycles. The largest absolute Gasteiger partial charge is 0.393 e. The van der Waals surface area contributed by atoms with Crippen LogP contribution in [0.3, 0.4) is 0 Å². The molecular weight excluding hydrogens is 266 g/mol. The fourth-order valence-electron chi connectivity index (χ4n) is 2.36. The van der Waals surface area contributed by atoms with E-state index in [1.807, 2.05) is 37.3 Å². The van der Waals surface area contributed by atoms with Gasteiger partial charge in [-0.15, -0.1) is 0 Å². The normalized spacial score (nSPS) is 10.7. The highest BCUT2D eigenvalue weighted by Crippen LogP contribution is 2.03. The quantitative estimate of drug-likeness (QED) is 0.878. The van der Waals surface area contributed by atoms with Crippen LogP contribution in [0.2, 0.25) is 0 Å². The molecule has 0 unspecified atom stereocenters. The molecule has 1 aromatic carbocycles. The van der Waals surface area contributed by atoms with E-state index in [0.29, 0.717) is 13.1 Å². The Morgan fingerprint density at radius 2 is 1.81 bits per heavy atom. The third-order valence-corrected chi connectivity index (χ3v) is 3.42. The third-order valence-electron chi connectivity index (χ3n) is 3.42. The Morgan fingerprint density at radius 3 is 2.48 bits per heavy atom. The highest BCUT2D eigenvalue weighted by atomic mass is 16.2. The molecule has 112 valence electrons. The van der Waals surface area contributed by atoms with Crippen molar-refractivity contribution < 1.29 is 0 Å². The van der Waals surface area contributed by atoms with E-state index in [-0.39, 0.29) is 16.9 Å². The van der Waals surface area contributed by atoms with Crippen LogP contribution in [0.15, 0.2) is 46.1 Å². The summed E-state index contributed by atoms with van der Waals surface area (Å²) in [6, 6.07) is 10.0. The van der Waals surface area contributed by atoms with Gasteiger partial charge in [0.25, 0.3) is 5.56 Å². The molecule has 0 fully saturated rings. The van der Waals surface area contributed by atoms with E-state index in [0.717, 1.165) is 19.3 Å². The van der Waals surface area contributed by atoms with Gasteiger partial charge in [-0.3, -0.25) is 13.9 Å². The predicted octanol–water partition coefficient (Wildman–Crippen LogP) is 1.64. The van der Waals surface area contributed by atoms with Gasteiger partial charge in [0.05, 0.1) is 0 Å². The number of nitrogen functional groups attached to an aromatic ring is 1. The maximum atomic E-state index is 12.2. The summed E-state index contributed by atoms with van der Waals surface area (Å²) in [4.78, 5) is 24.3. The zero-order chi connectivity index (χ0) is 15.2. The minimum absolute atomic E-state index is 0.128. The first kappa shape index (κ1) is 15.1. The first-order valence-corrected chi connectivity index (χ1v) is 7.27. The molecule has 2 N–H and O–H groups in total. The second-order valence-corrected chi connectivity index (χ2v) is 5.11. The predicted molar refractivity (Wildman–Crippen MR) is 84.4 cm³/mol. The Kier molecular flexibility index (Phi) is 4.98. The van der Waals surface area contributed by atoms with Crippen molar-refractivity contribution in [1.82, 2.24) is 9.13 Å². The van der Waals surface area contributed by atoms with Gasteiger partial charge in [0.15, 0.2) is 0 Å². The number of nitrogens with zero attached hydrogens (tertiary/aromatic N) is 2. The van der Waals surface area contributed by atoms with Crippen molar-refractivity contribution in [3.8, 4) is 0 Å². The number of benzene rings is 1. The highest BCUT2D eigenvalue weighted by Gasteiger charge is 2.08. The van der Waals surface area contributed by atoms with Gasteiger partial charge in [-0.05, 0) is 24.8 Å². The molecule has 0 saturated heterocycles. The van der Waals surface area contributed by atoms with E-state index in [1.54, 1.807) is 0 Å². The van der Waals surface area contributed by atoms with Crippen molar-refractivity contribution in [2.24, 2.45) is 0 Å². The highest BCUT2D eigenvalue weighted by molar-refractivity contribution is 5.31. The Morgan fingerprint density at radius 1 is 1.10 bits per heavy atom. The van der Waals surface area contributed by atoms with Crippen LogP contribution in [0, 0.1) is 0 Å². The second kappa shape index (κ2) is 6.92. The summed E-state index contributed by atoms with van der Waals surface area (Å²) in [6.07, 6.45) is 3.83. The van der Waals surface area contributed by atoms with Crippen molar-refractivity contribution in [3.05, 3.63) is 62.9 Å². The fraction of sp³-hybridized carbons (Fsp3) is 0.375. The fourth-order valence-corrected chi connectivity index (χ4v) is 2.36. The van der Waals surface area contributed by atoms with Gasteiger partial charge in [0, 0.05) is 19.3 Å². The third kappa shape index (κ3) is 3.62. The molecule has 5 nitrogen and oxygen atoms in total. The number of rotatable bonds is 6. The van der Waals surface area contributed by atoms with Gasteiger partial charge in [-0.25, -0.2) is 4.79 Å². The molecule has 0 spiro atoms. The summed E-state index contributed by atoms with van der Waals surface area (Å²) < 4.78 is 2.76. The lowest BCUT2D eigenvalue weighted by Gasteiger charge is -2.10. The molecule has 0 radical (unpaired) electrons. The van der Waals surface area contributed by atoms with Crippen molar-refractivity contribution in [2.75, 3.05) is 5.73 Å².